The number of piperidine rings is 1. The summed E-state index contributed by atoms with van der Waals surface area (Å²) < 4.78 is 4.03. The molecule has 1 N–H and O–H groups in total. The van der Waals surface area contributed by atoms with Crippen molar-refractivity contribution >= 4 is 16.7 Å². The predicted molar refractivity (Wildman–Crippen MR) is 78.3 cm³/mol. The van der Waals surface area contributed by atoms with Crippen LogP contribution >= 0.6 is 11.5 Å². The molecule has 1 unspecified atom stereocenters. The van der Waals surface area contributed by atoms with Crippen molar-refractivity contribution < 1.29 is 0 Å². The highest BCUT2D eigenvalue weighted by molar-refractivity contribution is 7.09. The lowest BCUT2D eigenvalue weighted by Gasteiger charge is -2.33. The van der Waals surface area contributed by atoms with Crippen molar-refractivity contribution in [2.75, 3.05) is 18.4 Å². The van der Waals surface area contributed by atoms with Crippen LogP contribution in [0.25, 0.3) is 0 Å². The van der Waals surface area contributed by atoms with Gasteiger partial charge in [0.25, 0.3) is 0 Å². The summed E-state index contributed by atoms with van der Waals surface area (Å²) in [7, 11) is 0. The number of likely N-dealkylation sites (tertiary alicyclic amines) is 1. The Morgan fingerprint density at radius 1 is 1.32 bits per heavy atom. The van der Waals surface area contributed by atoms with Gasteiger partial charge in [0.15, 0.2) is 0 Å². The maximum Gasteiger partial charge on any atom is 0.202 e. The van der Waals surface area contributed by atoms with Gasteiger partial charge in [0, 0.05) is 30.7 Å². The van der Waals surface area contributed by atoms with Gasteiger partial charge in [0.05, 0.1) is 0 Å². The Hall–Kier alpha value is -1.46. The molecule has 3 rings (SSSR count). The summed E-state index contributed by atoms with van der Waals surface area (Å²) in [6.45, 7) is 3.30. The maximum absolute atomic E-state index is 4.20. The molecule has 1 aliphatic rings. The molecule has 1 aromatic carbocycles. The van der Waals surface area contributed by atoms with Crippen LogP contribution in [-0.4, -0.2) is 33.4 Å². The van der Waals surface area contributed by atoms with E-state index < -0.39 is 0 Å². The summed E-state index contributed by atoms with van der Waals surface area (Å²) in [5, 5.41) is 4.42. The SMILES string of the molecule is c1ccc(CN2CCCC(Nc3ncns3)C2)cc1. The molecule has 2 aromatic rings. The molecule has 1 aliphatic heterocycles. The molecule has 1 saturated heterocycles. The van der Waals surface area contributed by atoms with Crippen molar-refractivity contribution in [3.05, 3.63) is 42.2 Å². The quantitative estimate of drug-likeness (QED) is 0.930. The van der Waals surface area contributed by atoms with Crippen LogP contribution in [-0.2, 0) is 6.54 Å². The Kier molecular flexibility index (Phi) is 4.05. The molecule has 4 nitrogen and oxygen atoms in total. The zero-order valence-corrected chi connectivity index (χ0v) is 11.6. The van der Waals surface area contributed by atoms with Gasteiger partial charge in [0.2, 0.25) is 5.13 Å². The molecule has 0 spiro atoms. The van der Waals surface area contributed by atoms with Crippen LogP contribution < -0.4 is 5.32 Å². The topological polar surface area (TPSA) is 41.0 Å². The van der Waals surface area contributed by atoms with Crippen molar-refractivity contribution in [2.24, 2.45) is 0 Å². The lowest BCUT2D eigenvalue weighted by atomic mass is 10.1. The first-order valence-electron chi connectivity index (χ1n) is 6.69. The van der Waals surface area contributed by atoms with E-state index in [1.54, 1.807) is 6.33 Å². The molecule has 0 aliphatic carbocycles. The third kappa shape index (κ3) is 3.52. The smallest absolute Gasteiger partial charge is 0.202 e. The van der Waals surface area contributed by atoms with Crippen LogP contribution in [0.1, 0.15) is 18.4 Å². The molecule has 0 radical (unpaired) electrons. The largest absolute Gasteiger partial charge is 0.356 e. The van der Waals surface area contributed by atoms with E-state index in [1.165, 1.54) is 36.5 Å². The average Bonchev–Trinajstić information content (AvgIpc) is 2.93. The first-order chi connectivity index (χ1) is 9.40. The van der Waals surface area contributed by atoms with Gasteiger partial charge in [-0.3, -0.25) is 4.90 Å². The van der Waals surface area contributed by atoms with E-state index in [-0.39, 0.29) is 0 Å². The van der Waals surface area contributed by atoms with Crippen molar-refractivity contribution in [1.29, 1.82) is 0 Å². The molecule has 0 saturated carbocycles. The molecular formula is C14H18N4S. The van der Waals surface area contributed by atoms with Crippen molar-refractivity contribution in [2.45, 2.75) is 25.4 Å². The Morgan fingerprint density at radius 2 is 2.21 bits per heavy atom. The Bertz CT molecular complexity index is 485. The summed E-state index contributed by atoms with van der Waals surface area (Å²) >= 11 is 1.43. The molecule has 0 bridgehead atoms. The van der Waals surface area contributed by atoms with Crippen molar-refractivity contribution in [3.63, 3.8) is 0 Å². The number of nitrogens with zero attached hydrogens (tertiary/aromatic N) is 3. The highest BCUT2D eigenvalue weighted by atomic mass is 32.1. The Morgan fingerprint density at radius 3 is 3.00 bits per heavy atom. The number of hydrogen-bond acceptors (Lipinski definition) is 5. The molecule has 19 heavy (non-hydrogen) atoms. The first kappa shape index (κ1) is 12.6. The van der Waals surface area contributed by atoms with E-state index in [0.717, 1.165) is 18.2 Å². The fourth-order valence-electron chi connectivity index (χ4n) is 2.57. The van der Waals surface area contributed by atoms with Crippen LogP contribution in [0.4, 0.5) is 5.13 Å². The molecule has 0 amide bonds. The van der Waals surface area contributed by atoms with E-state index in [4.69, 9.17) is 0 Å². The van der Waals surface area contributed by atoms with E-state index >= 15 is 0 Å². The highest BCUT2D eigenvalue weighted by Gasteiger charge is 2.20. The van der Waals surface area contributed by atoms with Gasteiger partial charge >= 0.3 is 0 Å². The van der Waals surface area contributed by atoms with E-state index in [0.29, 0.717) is 6.04 Å². The summed E-state index contributed by atoms with van der Waals surface area (Å²) in [4.78, 5) is 6.71. The number of anilines is 1. The number of benzene rings is 1. The molecule has 2 heterocycles. The van der Waals surface area contributed by atoms with Gasteiger partial charge in [-0.15, -0.1) is 0 Å². The van der Waals surface area contributed by atoms with Crippen LogP contribution in [0.3, 0.4) is 0 Å². The second-order valence-corrected chi connectivity index (χ2v) is 5.73. The predicted octanol–water partition coefficient (Wildman–Crippen LogP) is 2.61. The third-order valence-corrected chi connectivity index (χ3v) is 4.04. The van der Waals surface area contributed by atoms with Crippen LogP contribution in [0.2, 0.25) is 0 Å². The standard InChI is InChI=1S/C14H18N4S/c1-2-5-12(6-3-1)9-18-8-4-7-13(10-18)17-14-15-11-16-19-14/h1-3,5-6,11,13H,4,7-10H2,(H,15,16,17). The summed E-state index contributed by atoms with van der Waals surface area (Å²) in [5.41, 5.74) is 1.39. The second kappa shape index (κ2) is 6.12. The van der Waals surface area contributed by atoms with Crippen molar-refractivity contribution in [1.82, 2.24) is 14.3 Å². The van der Waals surface area contributed by atoms with Gasteiger partial charge < -0.3 is 5.32 Å². The normalized spacial score (nSPS) is 20.3. The zero-order valence-electron chi connectivity index (χ0n) is 10.8. The van der Waals surface area contributed by atoms with Crippen molar-refractivity contribution in [3.8, 4) is 0 Å². The molecular weight excluding hydrogens is 256 g/mol. The third-order valence-electron chi connectivity index (χ3n) is 3.44. The minimum absolute atomic E-state index is 0.491. The summed E-state index contributed by atoms with van der Waals surface area (Å²) in [6.07, 6.45) is 4.06. The zero-order chi connectivity index (χ0) is 12.9. The molecule has 1 fully saturated rings. The van der Waals surface area contributed by atoms with E-state index in [2.05, 4.69) is 49.9 Å². The van der Waals surface area contributed by atoms with Gasteiger partial charge in [-0.1, -0.05) is 30.3 Å². The first-order valence-corrected chi connectivity index (χ1v) is 7.47. The lowest BCUT2D eigenvalue weighted by Crippen LogP contribution is -2.41. The van der Waals surface area contributed by atoms with E-state index in [1.807, 2.05) is 0 Å². The second-order valence-electron chi connectivity index (χ2n) is 4.95. The number of hydrogen-bond donors (Lipinski definition) is 1. The lowest BCUT2D eigenvalue weighted by molar-refractivity contribution is 0.208. The van der Waals surface area contributed by atoms with Gasteiger partial charge in [-0.05, 0) is 24.9 Å². The van der Waals surface area contributed by atoms with Crippen LogP contribution in [0.15, 0.2) is 36.7 Å². The average molecular weight is 274 g/mol. The van der Waals surface area contributed by atoms with Crippen LogP contribution in [0, 0.1) is 0 Å². The maximum atomic E-state index is 4.20. The number of aromatic nitrogens is 2. The Balaban J connectivity index is 1.56. The van der Waals surface area contributed by atoms with Crippen LogP contribution in [0.5, 0.6) is 0 Å². The Labute approximate surface area is 117 Å². The molecule has 1 aromatic heterocycles. The summed E-state index contributed by atoms with van der Waals surface area (Å²) in [5.74, 6) is 0. The van der Waals surface area contributed by atoms with E-state index in [9.17, 15) is 0 Å². The van der Waals surface area contributed by atoms with Gasteiger partial charge in [-0.25, -0.2) is 4.98 Å². The van der Waals surface area contributed by atoms with Gasteiger partial charge in [-0.2, -0.15) is 4.37 Å². The monoisotopic (exact) mass is 274 g/mol. The fraction of sp³-hybridized carbons (Fsp3) is 0.429. The molecule has 1 atom stereocenters. The fourth-order valence-corrected chi connectivity index (χ4v) is 3.08. The minimum Gasteiger partial charge on any atom is -0.356 e. The number of nitrogens with one attached hydrogen (secondary N) is 1. The highest BCUT2D eigenvalue weighted by Crippen LogP contribution is 2.18. The molecule has 5 heteroatoms. The molecule has 100 valence electrons. The van der Waals surface area contributed by atoms with Gasteiger partial charge in [0.1, 0.15) is 6.33 Å². The summed E-state index contributed by atoms with van der Waals surface area (Å²) in [6, 6.07) is 11.2. The number of rotatable bonds is 4. The minimum atomic E-state index is 0.491.